The third-order valence-electron chi connectivity index (χ3n) is 4.85. The van der Waals surface area contributed by atoms with Crippen LogP contribution in [0.5, 0.6) is 0 Å². The molecule has 3 rings (SSSR count). The largest absolute Gasteiger partial charge is 0.349 e. The second-order valence-electron chi connectivity index (χ2n) is 6.89. The van der Waals surface area contributed by atoms with Gasteiger partial charge in [0.05, 0.1) is 11.6 Å². The van der Waals surface area contributed by atoms with Gasteiger partial charge in [0.2, 0.25) is 0 Å². The Balaban J connectivity index is 1.61. The van der Waals surface area contributed by atoms with Crippen LogP contribution in [0.25, 0.3) is 0 Å². The number of nitrogens with zero attached hydrogens (tertiary/aromatic N) is 1. The van der Waals surface area contributed by atoms with Crippen molar-refractivity contribution < 1.29 is 9.59 Å². The number of carbonyl (C=O) groups is 2. The van der Waals surface area contributed by atoms with Crippen LogP contribution in [0.15, 0.2) is 48.5 Å². The van der Waals surface area contributed by atoms with Crippen molar-refractivity contribution in [2.45, 2.75) is 44.6 Å². The first-order valence-electron chi connectivity index (χ1n) is 9.38. The quantitative estimate of drug-likeness (QED) is 0.798. The highest BCUT2D eigenvalue weighted by atomic mass is 16.2. The fourth-order valence-electron chi connectivity index (χ4n) is 3.34. The molecule has 2 amide bonds. The van der Waals surface area contributed by atoms with Crippen molar-refractivity contribution in [3.05, 3.63) is 65.2 Å². The highest BCUT2D eigenvalue weighted by molar-refractivity contribution is 6.05. The van der Waals surface area contributed by atoms with Gasteiger partial charge >= 0.3 is 0 Å². The zero-order valence-electron chi connectivity index (χ0n) is 15.2. The first-order valence-corrected chi connectivity index (χ1v) is 9.38. The van der Waals surface area contributed by atoms with Gasteiger partial charge in [-0.3, -0.25) is 9.59 Å². The summed E-state index contributed by atoms with van der Waals surface area (Å²) in [7, 11) is 0. The number of anilines is 1. The van der Waals surface area contributed by atoms with Gasteiger partial charge in [-0.2, -0.15) is 5.26 Å². The minimum Gasteiger partial charge on any atom is -0.349 e. The predicted octanol–water partition coefficient (Wildman–Crippen LogP) is 4.26. The number of nitrogens with one attached hydrogen (secondary N) is 2. The van der Waals surface area contributed by atoms with E-state index in [4.69, 9.17) is 5.26 Å². The van der Waals surface area contributed by atoms with Gasteiger partial charge in [0.15, 0.2) is 0 Å². The molecule has 5 nitrogen and oxygen atoms in total. The van der Waals surface area contributed by atoms with Crippen LogP contribution >= 0.6 is 0 Å². The van der Waals surface area contributed by atoms with Gasteiger partial charge in [0.1, 0.15) is 0 Å². The van der Waals surface area contributed by atoms with Crippen molar-refractivity contribution in [3.63, 3.8) is 0 Å². The molecule has 27 heavy (non-hydrogen) atoms. The molecule has 0 heterocycles. The SMILES string of the molecule is N#Cc1cccc(NC(=O)c2ccc(C(=O)NC3CCCCCC3)cc2)c1. The van der Waals surface area contributed by atoms with Crippen molar-refractivity contribution >= 4 is 17.5 Å². The van der Waals surface area contributed by atoms with Crippen molar-refractivity contribution in [1.82, 2.24) is 5.32 Å². The summed E-state index contributed by atoms with van der Waals surface area (Å²) >= 11 is 0. The van der Waals surface area contributed by atoms with E-state index in [1.807, 2.05) is 6.07 Å². The average molecular weight is 361 g/mol. The van der Waals surface area contributed by atoms with Gasteiger partial charge in [-0.25, -0.2) is 0 Å². The number of hydrogen-bond donors (Lipinski definition) is 2. The first-order chi connectivity index (χ1) is 13.2. The molecule has 0 spiro atoms. The van der Waals surface area contributed by atoms with Crippen LogP contribution in [-0.2, 0) is 0 Å². The summed E-state index contributed by atoms with van der Waals surface area (Å²) in [6.45, 7) is 0. The lowest BCUT2D eigenvalue weighted by atomic mass is 10.1. The predicted molar refractivity (Wildman–Crippen MR) is 105 cm³/mol. The average Bonchev–Trinajstić information content (AvgIpc) is 2.97. The zero-order chi connectivity index (χ0) is 19.1. The van der Waals surface area contributed by atoms with Crippen LogP contribution < -0.4 is 10.6 Å². The lowest BCUT2D eigenvalue weighted by Gasteiger charge is -2.16. The third kappa shape index (κ3) is 5.18. The Labute approximate surface area is 159 Å². The Morgan fingerprint density at radius 1 is 0.889 bits per heavy atom. The van der Waals surface area contributed by atoms with Crippen LogP contribution in [0.2, 0.25) is 0 Å². The van der Waals surface area contributed by atoms with Gasteiger partial charge < -0.3 is 10.6 Å². The van der Waals surface area contributed by atoms with E-state index >= 15 is 0 Å². The molecular formula is C22H23N3O2. The topological polar surface area (TPSA) is 82.0 Å². The van der Waals surface area contributed by atoms with Gasteiger partial charge in [0, 0.05) is 22.9 Å². The summed E-state index contributed by atoms with van der Waals surface area (Å²) in [5, 5.41) is 14.8. The normalized spacial score (nSPS) is 14.6. The Morgan fingerprint density at radius 2 is 1.52 bits per heavy atom. The number of amides is 2. The number of rotatable bonds is 4. The van der Waals surface area contributed by atoms with E-state index in [2.05, 4.69) is 10.6 Å². The molecule has 2 aromatic rings. The van der Waals surface area contributed by atoms with E-state index in [0.717, 1.165) is 25.7 Å². The fourth-order valence-corrected chi connectivity index (χ4v) is 3.34. The molecule has 138 valence electrons. The Bertz CT molecular complexity index is 845. The molecule has 1 fully saturated rings. The molecule has 0 saturated heterocycles. The monoisotopic (exact) mass is 361 g/mol. The lowest BCUT2D eigenvalue weighted by Crippen LogP contribution is -2.34. The Kier molecular flexibility index (Phi) is 6.22. The smallest absolute Gasteiger partial charge is 0.255 e. The molecule has 0 atom stereocenters. The van der Waals surface area contributed by atoms with E-state index in [0.29, 0.717) is 22.4 Å². The number of hydrogen-bond acceptors (Lipinski definition) is 3. The second kappa shape index (κ2) is 9.00. The van der Waals surface area contributed by atoms with Crippen LogP contribution in [-0.4, -0.2) is 17.9 Å². The molecule has 1 aliphatic rings. The summed E-state index contributed by atoms with van der Waals surface area (Å²) < 4.78 is 0. The van der Waals surface area contributed by atoms with E-state index < -0.39 is 0 Å². The molecular weight excluding hydrogens is 338 g/mol. The maximum Gasteiger partial charge on any atom is 0.255 e. The number of benzene rings is 2. The molecule has 1 aliphatic carbocycles. The standard InChI is InChI=1S/C22H23N3O2/c23-15-16-6-5-9-20(14-16)25-22(27)18-12-10-17(11-13-18)21(26)24-19-7-3-1-2-4-8-19/h5-6,9-14,19H,1-4,7-8H2,(H,24,26)(H,25,27). The van der Waals surface area contributed by atoms with Crippen LogP contribution in [0.1, 0.15) is 64.8 Å². The van der Waals surface area contributed by atoms with Gasteiger partial charge in [0.25, 0.3) is 11.8 Å². The summed E-state index contributed by atoms with van der Waals surface area (Å²) in [4.78, 5) is 24.8. The van der Waals surface area contributed by atoms with Crippen LogP contribution in [0.4, 0.5) is 5.69 Å². The second-order valence-corrected chi connectivity index (χ2v) is 6.89. The van der Waals surface area contributed by atoms with Crippen molar-refractivity contribution in [2.75, 3.05) is 5.32 Å². The molecule has 0 aliphatic heterocycles. The Morgan fingerprint density at radius 3 is 2.15 bits per heavy atom. The maximum atomic E-state index is 12.4. The van der Waals surface area contributed by atoms with Crippen molar-refractivity contribution in [1.29, 1.82) is 5.26 Å². The fraction of sp³-hybridized carbons (Fsp3) is 0.318. The third-order valence-corrected chi connectivity index (χ3v) is 4.85. The minimum atomic E-state index is -0.277. The molecule has 5 heteroatoms. The minimum absolute atomic E-state index is 0.0874. The van der Waals surface area contributed by atoms with Gasteiger partial charge in [-0.15, -0.1) is 0 Å². The molecule has 0 bridgehead atoms. The van der Waals surface area contributed by atoms with E-state index in [1.54, 1.807) is 48.5 Å². The molecule has 2 aromatic carbocycles. The van der Waals surface area contributed by atoms with Crippen molar-refractivity contribution in [3.8, 4) is 6.07 Å². The summed E-state index contributed by atoms with van der Waals surface area (Å²) in [5.41, 5.74) is 2.07. The summed E-state index contributed by atoms with van der Waals surface area (Å²) in [5.74, 6) is -0.364. The summed E-state index contributed by atoms with van der Waals surface area (Å²) in [6, 6.07) is 15.7. The van der Waals surface area contributed by atoms with E-state index in [-0.39, 0.29) is 17.9 Å². The van der Waals surface area contributed by atoms with E-state index in [9.17, 15) is 9.59 Å². The molecule has 0 radical (unpaired) electrons. The highest BCUT2D eigenvalue weighted by Crippen LogP contribution is 2.18. The van der Waals surface area contributed by atoms with Gasteiger partial charge in [-0.1, -0.05) is 31.7 Å². The Hall–Kier alpha value is -3.13. The molecule has 0 unspecified atom stereocenters. The number of nitriles is 1. The van der Waals surface area contributed by atoms with Crippen LogP contribution in [0.3, 0.4) is 0 Å². The van der Waals surface area contributed by atoms with Crippen LogP contribution in [0, 0.1) is 11.3 Å². The van der Waals surface area contributed by atoms with E-state index in [1.165, 1.54) is 12.8 Å². The first kappa shape index (κ1) is 18.7. The zero-order valence-corrected chi connectivity index (χ0v) is 15.2. The van der Waals surface area contributed by atoms with Gasteiger partial charge in [-0.05, 0) is 55.3 Å². The molecule has 0 aromatic heterocycles. The lowest BCUT2D eigenvalue weighted by molar-refractivity contribution is 0.0932. The maximum absolute atomic E-state index is 12.4. The molecule has 2 N–H and O–H groups in total. The molecule has 1 saturated carbocycles. The summed E-state index contributed by atoms with van der Waals surface area (Å²) in [6.07, 6.45) is 6.89. The number of carbonyl (C=O) groups excluding carboxylic acids is 2. The highest BCUT2D eigenvalue weighted by Gasteiger charge is 2.16. The van der Waals surface area contributed by atoms with Crippen molar-refractivity contribution in [2.24, 2.45) is 0 Å².